The van der Waals surface area contributed by atoms with Crippen molar-refractivity contribution < 1.29 is 9.59 Å². The van der Waals surface area contributed by atoms with Gasteiger partial charge >= 0.3 is 0 Å². The predicted octanol–water partition coefficient (Wildman–Crippen LogP) is 2.57. The molecule has 0 saturated carbocycles. The largest absolute Gasteiger partial charge is 0.298 e. The number of carbonyl (C=O) groups is 2. The van der Waals surface area contributed by atoms with Crippen LogP contribution in [0.1, 0.15) is 5.56 Å². The van der Waals surface area contributed by atoms with Crippen molar-refractivity contribution in [1.29, 1.82) is 0 Å². The molecule has 2 aromatic rings. The van der Waals surface area contributed by atoms with Gasteiger partial charge in [0.2, 0.25) is 0 Å². The number of nitrogens with one attached hydrogen (secondary N) is 1. The molecule has 0 unspecified atom stereocenters. The molecule has 1 aromatic heterocycles. The summed E-state index contributed by atoms with van der Waals surface area (Å²) in [5, 5.41) is 3.09. The van der Waals surface area contributed by atoms with E-state index in [1.165, 1.54) is 11.0 Å². The minimum absolute atomic E-state index is 0.0125. The van der Waals surface area contributed by atoms with Crippen LogP contribution in [0.15, 0.2) is 54.4 Å². The highest BCUT2D eigenvalue weighted by atomic mass is 35.5. The summed E-state index contributed by atoms with van der Waals surface area (Å²) in [6, 6.07) is 10.1. The Morgan fingerprint density at radius 1 is 1.17 bits per heavy atom. The molecule has 1 aliphatic rings. The minimum atomic E-state index is -0.533. The van der Waals surface area contributed by atoms with Gasteiger partial charge in [-0.2, -0.15) is 0 Å². The fourth-order valence-corrected chi connectivity index (χ4v) is 2.52. The Morgan fingerprint density at radius 2 is 1.91 bits per heavy atom. The number of pyridine rings is 1. The Labute approximate surface area is 142 Å². The molecule has 1 aromatic carbocycles. The average Bonchev–Trinajstić information content (AvgIpc) is 2.54. The molecule has 114 valence electrons. The standard InChI is InChI=1S/C16H10ClN3O2S/c17-11-3-5-12(6-4-11)20-15(22)13(14(21)19-16(20)23)8-10-2-1-7-18-9-10/h1-9H,(H,19,21,23)/b13-8-. The van der Waals surface area contributed by atoms with Crippen LogP contribution in [0.4, 0.5) is 5.69 Å². The number of aromatic nitrogens is 1. The minimum Gasteiger partial charge on any atom is -0.298 e. The van der Waals surface area contributed by atoms with Gasteiger partial charge in [-0.25, -0.2) is 0 Å². The topological polar surface area (TPSA) is 62.3 Å². The van der Waals surface area contributed by atoms with E-state index in [4.69, 9.17) is 23.8 Å². The zero-order valence-corrected chi connectivity index (χ0v) is 13.3. The lowest BCUT2D eigenvalue weighted by Gasteiger charge is -2.28. The van der Waals surface area contributed by atoms with Crippen molar-refractivity contribution in [1.82, 2.24) is 10.3 Å². The average molecular weight is 344 g/mol. The van der Waals surface area contributed by atoms with Crippen LogP contribution in [0.3, 0.4) is 0 Å². The number of anilines is 1. The van der Waals surface area contributed by atoms with Crippen molar-refractivity contribution in [2.45, 2.75) is 0 Å². The maximum absolute atomic E-state index is 12.7. The summed E-state index contributed by atoms with van der Waals surface area (Å²) in [6.45, 7) is 0. The normalized spacial score (nSPS) is 16.7. The van der Waals surface area contributed by atoms with Gasteiger partial charge in [-0.15, -0.1) is 0 Å². The number of thiocarbonyl (C=S) groups is 1. The van der Waals surface area contributed by atoms with Gasteiger partial charge in [0, 0.05) is 17.4 Å². The second-order valence-electron chi connectivity index (χ2n) is 4.72. The molecule has 2 amide bonds. The summed E-state index contributed by atoms with van der Waals surface area (Å²) in [6.07, 6.45) is 4.66. The van der Waals surface area contributed by atoms with E-state index in [0.29, 0.717) is 16.3 Å². The molecule has 0 bridgehead atoms. The van der Waals surface area contributed by atoms with Crippen molar-refractivity contribution in [3.8, 4) is 0 Å². The van der Waals surface area contributed by atoms with Crippen molar-refractivity contribution in [2.24, 2.45) is 0 Å². The number of hydrogen-bond donors (Lipinski definition) is 1. The quantitative estimate of drug-likeness (QED) is 0.517. The molecule has 0 spiro atoms. The second kappa shape index (κ2) is 6.28. The Kier molecular flexibility index (Phi) is 4.18. The molecule has 2 heterocycles. The Balaban J connectivity index is 2.01. The molecule has 23 heavy (non-hydrogen) atoms. The highest BCUT2D eigenvalue weighted by Crippen LogP contribution is 2.23. The zero-order valence-electron chi connectivity index (χ0n) is 11.7. The maximum Gasteiger partial charge on any atom is 0.270 e. The van der Waals surface area contributed by atoms with E-state index in [9.17, 15) is 9.59 Å². The van der Waals surface area contributed by atoms with Crippen LogP contribution in [-0.4, -0.2) is 21.9 Å². The van der Waals surface area contributed by atoms with Crippen LogP contribution < -0.4 is 10.2 Å². The summed E-state index contributed by atoms with van der Waals surface area (Å²) in [5.41, 5.74) is 1.16. The van der Waals surface area contributed by atoms with Crippen LogP contribution in [0, 0.1) is 0 Å². The van der Waals surface area contributed by atoms with Crippen LogP contribution in [0.2, 0.25) is 5.02 Å². The molecule has 1 N–H and O–H groups in total. The molecule has 1 fully saturated rings. The number of amides is 2. The van der Waals surface area contributed by atoms with Gasteiger partial charge in [-0.05, 0) is 54.2 Å². The molecular weight excluding hydrogens is 334 g/mol. The van der Waals surface area contributed by atoms with Crippen LogP contribution >= 0.6 is 23.8 Å². The Hall–Kier alpha value is -2.57. The van der Waals surface area contributed by atoms with Crippen LogP contribution in [-0.2, 0) is 9.59 Å². The number of hydrogen-bond acceptors (Lipinski definition) is 4. The summed E-state index contributed by atoms with van der Waals surface area (Å²) in [4.78, 5) is 30.0. The molecule has 0 radical (unpaired) electrons. The predicted molar refractivity (Wildman–Crippen MR) is 91.9 cm³/mol. The molecule has 1 aliphatic heterocycles. The molecular formula is C16H10ClN3O2S. The van der Waals surface area contributed by atoms with E-state index in [-0.39, 0.29) is 10.7 Å². The van der Waals surface area contributed by atoms with E-state index < -0.39 is 11.8 Å². The lowest BCUT2D eigenvalue weighted by Crippen LogP contribution is -2.54. The fraction of sp³-hybridized carbons (Fsp3) is 0. The number of nitrogens with zero attached hydrogens (tertiary/aromatic N) is 2. The molecule has 3 rings (SSSR count). The lowest BCUT2D eigenvalue weighted by molar-refractivity contribution is -0.122. The first-order chi connectivity index (χ1) is 11.1. The van der Waals surface area contributed by atoms with E-state index in [1.54, 1.807) is 48.8 Å². The van der Waals surface area contributed by atoms with Gasteiger partial charge in [-0.3, -0.25) is 24.8 Å². The summed E-state index contributed by atoms with van der Waals surface area (Å²) in [5.74, 6) is -1.03. The number of benzene rings is 1. The van der Waals surface area contributed by atoms with Gasteiger partial charge < -0.3 is 0 Å². The van der Waals surface area contributed by atoms with E-state index in [2.05, 4.69) is 10.3 Å². The van der Waals surface area contributed by atoms with Crippen molar-refractivity contribution >= 4 is 52.5 Å². The van der Waals surface area contributed by atoms with Crippen molar-refractivity contribution in [3.05, 3.63) is 65.0 Å². The SMILES string of the molecule is O=C1NC(=S)N(c2ccc(Cl)cc2)C(=O)/C1=C\c1cccnc1. The first kappa shape index (κ1) is 15.3. The lowest BCUT2D eigenvalue weighted by atomic mass is 10.1. The van der Waals surface area contributed by atoms with E-state index in [0.717, 1.165) is 0 Å². The van der Waals surface area contributed by atoms with Gasteiger partial charge in [0.15, 0.2) is 5.11 Å². The first-order valence-corrected chi connectivity index (χ1v) is 7.42. The molecule has 7 heteroatoms. The van der Waals surface area contributed by atoms with Gasteiger partial charge in [-0.1, -0.05) is 17.7 Å². The molecule has 1 saturated heterocycles. The maximum atomic E-state index is 12.7. The van der Waals surface area contributed by atoms with Gasteiger partial charge in [0.1, 0.15) is 5.57 Å². The third-order valence-corrected chi connectivity index (χ3v) is 3.72. The summed E-state index contributed by atoms with van der Waals surface area (Å²) < 4.78 is 0. The summed E-state index contributed by atoms with van der Waals surface area (Å²) in [7, 11) is 0. The van der Waals surface area contributed by atoms with E-state index >= 15 is 0 Å². The fourth-order valence-electron chi connectivity index (χ4n) is 2.11. The van der Waals surface area contributed by atoms with Crippen LogP contribution in [0.25, 0.3) is 6.08 Å². The van der Waals surface area contributed by atoms with Gasteiger partial charge in [0.05, 0.1) is 5.69 Å². The number of carbonyl (C=O) groups excluding carboxylic acids is 2. The highest BCUT2D eigenvalue weighted by molar-refractivity contribution is 7.80. The summed E-state index contributed by atoms with van der Waals surface area (Å²) >= 11 is 11.0. The van der Waals surface area contributed by atoms with Crippen molar-refractivity contribution in [2.75, 3.05) is 4.90 Å². The third kappa shape index (κ3) is 3.13. The van der Waals surface area contributed by atoms with E-state index in [1.807, 2.05) is 0 Å². The number of halogens is 1. The van der Waals surface area contributed by atoms with Crippen LogP contribution in [0.5, 0.6) is 0 Å². The monoisotopic (exact) mass is 343 g/mol. The smallest absolute Gasteiger partial charge is 0.270 e. The van der Waals surface area contributed by atoms with Gasteiger partial charge in [0.25, 0.3) is 11.8 Å². The zero-order chi connectivity index (χ0) is 16.4. The molecule has 0 aliphatic carbocycles. The molecule has 5 nitrogen and oxygen atoms in total. The second-order valence-corrected chi connectivity index (χ2v) is 5.54. The Morgan fingerprint density at radius 3 is 2.57 bits per heavy atom. The van der Waals surface area contributed by atoms with Crippen molar-refractivity contribution in [3.63, 3.8) is 0 Å². The molecule has 0 atom stereocenters. The Bertz CT molecular complexity index is 819. The first-order valence-electron chi connectivity index (χ1n) is 6.63. The number of rotatable bonds is 2. The third-order valence-electron chi connectivity index (χ3n) is 3.18. The highest BCUT2D eigenvalue weighted by Gasteiger charge is 2.34.